The highest BCUT2D eigenvalue weighted by molar-refractivity contribution is 5.78. The van der Waals surface area contributed by atoms with Gasteiger partial charge in [-0.25, -0.2) is 0 Å². The second-order valence-electron chi connectivity index (χ2n) is 4.49. The molecule has 0 aliphatic carbocycles. The molecule has 1 amide bonds. The van der Waals surface area contributed by atoms with E-state index in [-0.39, 0.29) is 18.4 Å². The SMILES string of the molecule is CC(C)CC(C(=O)NCCO)C(C)C. The molecule has 1 unspecified atom stereocenters. The van der Waals surface area contributed by atoms with Gasteiger partial charge in [0.1, 0.15) is 0 Å². The summed E-state index contributed by atoms with van der Waals surface area (Å²) in [5.41, 5.74) is 0. The molecule has 2 N–H and O–H groups in total. The zero-order valence-corrected chi connectivity index (χ0v) is 9.71. The lowest BCUT2D eigenvalue weighted by atomic mass is 9.87. The number of aliphatic hydroxyl groups is 1. The van der Waals surface area contributed by atoms with Crippen molar-refractivity contribution in [2.75, 3.05) is 13.2 Å². The Morgan fingerprint density at radius 2 is 1.86 bits per heavy atom. The highest BCUT2D eigenvalue weighted by Crippen LogP contribution is 2.20. The Morgan fingerprint density at radius 1 is 1.29 bits per heavy atom. The predicted octanol–water partition coefficient (Wildman–Crippen LogP) is 1.41. The average Bonchev–Trinajstić information content (AvgIpc) is 2.09. The zero-order chi connectivity index (χ0) is 11.1. The van der Waals surface area contributed by atoms with Gasteiger partial charge in [0.15, 0.2) is 0 Å². The standard InChI is InChI=1S/C11H23NO2/c1-8(2)7-10(9(3)4)11(14)12-5-6-13/h8-10,13H,5-7H2,1-4H3,(H,12,14). The van der Waals surface area contributed by atoms with E-state index in [4.69, 9.17) is 5.11 Å². The van der Waals surface area contributed by atoms with E-state index < -0.39 is 0 Å². The van der Waals surface area contributed by atoms with Crippen molar-refractivity contribution in [3.05, 3.63) is 0 Å². The van der Waals surface area contributed by atoms with Gasteiger partial charge in [-0.3, -0.25) is 4.79 Å². The molecule has 0 bridgehead atoms. The lowest BCUT2D eigenvalue weighted by Gasteiger charge is -2.21. The maximum absolute atomic E-state index is 11.7. The zero-order valence-electron chi connectivity index (χ0n) is 9.71. The van der Waals surface area contributed by atoms with Crippen LogP contribution in [0.4, 0.5) is 0 Å². The molecule has 0 heterocycles. The Labute approximate surface area is 86.9 Å². The lowest BCUT2D eigenvalue weighted by Crippen LogP contribution is -2.35. The summed E-state index contributed by atoms with van der Waals surface area (Å²) in [5.74, 6) is 1.03. The van der Waals surface area contributed by atoms with E-state index in [9.17, 15) is 4.79 Å². The topological polar surface area (TPSA) is 49.3 Å². The van der Waals surface area contributed by atoms with Crippen LogP contribution in [0.1, 0.15) is 34.1 Å². The van der Waals surface area contributed by atoms with Crippen LogP contribution in [-0.4, -0.2) is 24.2 Å². The molecular weight excluding hydrogens is 178 g/mol. The van der Waals surface area contributed by atoms with E-state index in [1.807, 2.05) is 0 Å². The molecule has 0 aromatic carbocycles. The molecule has 1 atom stereocenters. The Kier molecular flexibility index (Phi) is 6.54. The van der Waals surface area contributed by atoms with Gasteiger partial charge in [-0.15, -0.1) is 0 Å². The van der Waals surface area contributed by atoms with E-state index >= 15 is 0 Å². The van der Waals surface area contributed by atoms with Crippen molar-refractivity contribution in [3.8, 4) is 0 Å². The van der Waals surface area contributed by atoms with Crippen molar-refractivity contribution in [1.82, 2.24) is 5.32 Å². The number of amides is 1. The van der Waals surface area contributed by atoms with Crippen molar-refractivity contribution >= 4 is 5.91 Å². The van der Waals surface area contributed by atoms with Gasteiger partial charge >= 0.3 is 0 Å². The quantitative estimate of drug-likeness (QED) is 0.682. The summed E-state index contributed by atoms with van der Waals surface area (Å²) in [6.07, 6.45) is 0.912. The van der Waals surface area contributed by atoms with Crippen LogP contribution < -0.4 is 5.32 Å². The van der Waals surface area contributed by atoms with Gasteiger partial charge in [0.25, 0.3) is 0 Å². The van der Waals surface area contributed by atoms with E-state index in [0.717, 1.165) is 6.42 Å². The van der Waals surface area contributed by atoms with Gasteiger partial charge in [-0.2, -0.15) is 0 Å². The van der Waals surface area contributed by atoms with E-state index in [1.54, 1.807) is 0 Å². The summed E-state index contributed by atoms with van der Waals surface area (Å²) < 4.78 is 0. The van der Waals surface area contributed by atoms with Crippen LogP contribution in [-0.2, 0) is 4.79 Å². The van der Waals surface area contributed by atoms with Crippen LogP contribution in [0.2, 0.25) is 0 Å². The molecule has 84 valence electrons. The number of carbonyl (C=O) groups excluding carboxylic acids is 1. The van der Waals surface area contributed by atoms with E-state index in [1.165, 1.54) is 0 Å². The minimum Gasteiger partial charge on any atom is -0.395 e. The Morgan fingerprint density at radius 3 is 2.21 bits per heavy atom. The first-order valence-corrected chi connectivity index (χ1v) is 5.37. The lowest BCUT2D eigenvalue weighted by molar-refractivity contribution is -0.127. The van der Waals surface area contributed by atoms with Crippen LogP contribution in [0.3, 0.4) is 0 Å². The fourth-order valence-electron chi connectivity index (χ4n) is 1.50. The third kappa shape index (κ3) is 5.22. The Balaban J connectivity index is 4.12. The first-order chi connectivity index (χ1) is 6.49. The fourth-order valence-corrected chi connectivity index (χ4v) is 1.50. The molecule has 0 fully saturated rings. The molecular formula is C11H23NO2. The Hall–Kier alpha value is -0.570. The van der Waals surface area contributed by atoms with Crippen LogP contribution in [0, 0.1) is 17.8 Å². The minimum absolute atomic E-state index is 0.0121. The van der Waals surface area contributed by atoms with Crippen molar-refractivity contribution in [2.24, 2.45) is 17.8 Å². The largest absolute Gasteiger partial charge is 0.395 e. The Bertz CT molecular complexity index is 167. The summed E-state index contributed by atoms with van der Waals surface area (Å²) >= 11 is 0. The molecule has 0 radical (unpaired) electrons. The predicted molar refractivity (Wildman–Crippen MR) is 57.9 cm³/mol. The summed E-state index contributed by atoms with van der Waals surface area (Å²) in [5, 5.41) is 11.3. The summed E-state index contributed by atoms with van der Waals surface area (Å²) in [6, 6.07) is 0. The van der Waals surface area contributed by atoms with Crippen LogP contribution in [0.15, 0.2) is 0 Å². The summed E-state index contributed by atoms with van der Waals surface area (Å²) in [7, 11) is 0. The van der Waals surface area contributed by atoms with Crippen molar-refractivity contribution in [1.29, 1.82) is 0 Å². The van der Waals surface area contributed by atoms with Gasteiger partial charge in [-0.1, -0.05) is 27.7 Å². The first kappa shape index (κ1) is 13.4. The fraction of sp³-hybridized carbons (Fsp3) is 0.909. The smallest absolute Gasteiger partial charge is 0.223 e. The molecule has 0 rings (SSSR count). The second kappa shape index (κ2) is 6.82. The molecule has 0 aliphatic heterocycles. The summed E-state index contributed by atoms with van der Waals surface area (Å²) in [6.45, 7) is 8.74. The third-order valence-electron chi connectivity index (χ3n) is 2.28. The van der Waals surface area contributed by atoms with Crippen LogP contribution in [0.25, 0.3) is 0 Å². The highest BCUT2D eigenvalue weighted by Gasteiger charge is 2.22. The molecule has 14 heavy (non-hydrogen) atoms. The monoisotopic (exact) mass is 201 g/mol. The molecule has 0 saturated heterocycles. The number of aliphatic hydroxyl groups excluding tert-OH is 1. The van der Waals surface area contributed by atoms with Crippen LogP contribution >= 0.6 is 0 Å². The van der Waals surface area contributed by atoms with Crippen molar-refractivity contribution < 1.29 is 9.90 Å². The minimum atomic E-state index is 0.0121. The number of carbonyl (C=O) groups is 1. The van der Waals surface area contributed by atoms with Crippen LogP contribution in [0.5, 0.6) is 0 Å². The average molecular weight is 201 g/mol. The number of nitrogens with one attached hydrogen (secondary N) is 1. The van der Waals surface area contributed by atoms with Gasteiger partial charge in [0.05, 0.1) is 6.61 Å². The number of hydrogen-bond donors (Lipinski definition) is 2. The molecule has 0 aliphatic rings. The number of hydrogen-bond acceptors (Lipinski definition) is 2. The molecule has 3 heteroatoms. The third-order valence-corrected chi connectivity index (χ3v) is 2.28. The van der Waals surface area contributed by atoms with E-state index in [0.29, 0.717) is 18.4 Å². The number of rotatable bonds is 6. The molecule has 3 nitrogen and oxygen atoms in total. The van der Waals surface area contributed by atoms with Crippen molar-refractivity contribution in [2.45, 2.75) is 34.1 Å². The van der Waals surface area contributed by atoms with Gasteiger partial charge < -0.3 is 10.4 Å². The maximum atomic E-state index is 11.7. The molecule has 0 aromatic heterocycles. The van der Waals surface area contributed by atoms with Gasteiger partial charge in [0.2, 0.25) is 5.91 Å². The molecule has 0 saturated carbocycles. The summed E-state index contributed by atoms with van der Waals surface area (Å²) in [4.78, 5) is 11.7. The van der Waals surface area contributed by atoms with E-state index in [2.05, 4.69) is 33.0 Å². The normalized spacial score (nSPS) is 13.4. The first-order valence-electron chi connectivity index (χ1n) is 5.37. The highest BCUT2D eigenvalue weighted by atomic mass is 16.3. The second-order valence-corrected chi connectivity index (χ2v) is 4.49. The van der Waals surface area contributed by atoms with Gasteiger partial charge in [0, 0.05) is 12.5 Å². The molecule has 0 spiro atoms. The van der Waals surface area contributed by atoms with Crippen molar-refractivity contribution in [3.63, 3.8) is 0 Å². The maximum Gasteiger partial charge on any atom is 0.223 e. The molecule has 0 aromatic rings. The van der Waals surface area contributed by atoms with Gasteiger partial charge in [-0.05, 0) is 18.3 Å².